The van der Waals surface area contributed by atoms with Crippen molar-refractivity contribution in [3.05, 3.63) is 0 Å². The van der Waals surface area contributed by atoms with Gasteiger partial charge in [0.05, 0.1) is 0 Å². The van der Waals surface area contributed by atoms with Gasteiger partial charge in [-0.2, -0.15) is 0 Å². The summed E-state index contributed by atoms with van der Waals surface area (Å²) in [6.07, 6.45) is 6.68. The predicted octanol–water partition coefficient (Wildman–Crippen LogP) is 7.08. The second-order valence-corrected chi connectivity index (χ2v) is 10.6. The Morgan fingerprint density at radius 1 is 0.421 bits per heavy atom. The minimum atomic E-state index is 0.465. The molecule has 0 aromatic rings. The predicted molar refractivity (Wildman–Crippen MR) is 89.6 cm³/mol. The van der Waals surface area contributed by atoms with E-state index in [9.17, 15) is 0 Å². The number of hydrogen-bond donors (Lipinski definition) is 0. The molecule has 0 atom stereocenters. The summed E-state index contributed by atoms with van der Waals surface area (Å²) in [5.41, 5.74) is 1.86. The molecule has 0 saturated heterocycles. The Morgan fingerprint density at radius 2 is 0.684 bits per heavy atom. The third-order valence-electron chi connectivity index (χ3n) is 4.06. The first-order valence-electron chi connectivity index (χ1n) is 8.12. The van der Waals surface area contributed by atoms with Gasteiger partial charge in [-0.1, -0.05) is 69.2 Å². The van der Waals surface area contributed by atoms with Crippen LogP contribution < -0.4 is 0 Å². The minimum absolute atomic E-state index is 0.465. The topological polar surface area (TPSA) is 0 Å². The van der Waals surface area contributed by atoms with Crippen molar-refractivity contribution in [2.75, 3.05) is 0 Å². The fraction of sp³-hybridized carbons (Fsp3) is 1.00. The molecule has 0 radical (unpaired) electrons. The van der Waals surface area contributed by atoms with Crippen molar-refractivity contribution in [2.45, 2.75) is 101 Å². The maximum atomic E-state index is 2.46. The molecular formula is C19H40. The van der Waals surface area contributed by atoms with Gasteiger partial charge < -0.3 is 0 Å². The molecule has 0 amide bonds. The quantitative estimate of drug-likeness (QED) is 0.482. The normalized spacial score (nSPS) is 14.8. The smallest absolute Gasteiger partial charge is 0.0349 e. The first-order chi connectivity index (χ1) is 8.12. The zero-order valence-electron chi connectivity index (χ0n) is 15.5. The molecule has 0 aliphatic rings. The Kier molecular flexibility index (Phi) is 6.19. The summed E-state index contributed by atoms with van der Waals surface area (Å²) in [6.45, 7) is 24.0. The molecule has 0 saturated carbocycles. The van der Waals surface area contributed by atoms with Gasteiger partial charge in [0.2, 0.25) is 0 Å². The van der Waals surface area contributed by atoms with Gasteiger partial charge in [0.1, 0.15) is 0 Å². The third kappa shape index (κ3) is 11.5. The van der Waals surface area contributed by atoms with Crippen LogP contribution in [0.1, 0.15) is 101 Å². The van der Waals surface area contributed by atoms with Crippen molar-refractivity contribution in [1.29, 1.82) is 0 Å². The zero-order chi connectivity index (χ0) is 15.5. The second kappa shape index (κ2) is 6.19. The molecule has 116 valence electrons. The van der Waals surface area contributed by atoms with Gasteiger partial charge in [0.25, 0.3) is 0 Å². The van der Waals surface area contributed by atoms with E-state index in [2.05, 4.69) is 69.2 Å². The largest absolute Gasteiger partial charge is 0.0602 e. The van der Waals surface area contributed by atoms with E-state index in [0.717, 1.165) is 0 Å². The second-order valence-electron chi connectivity index (χ2n) is 10.6. The van der Waals surface area contributed by atoms with Crippen LogP contribution in [0.15, 0.2) is 0 Å². The standard InChI is InChI=1S/C19H40/c1-16(2,3)11-13-18(7,8)15-19(9,10)14-12-17(4,5)6/h11-15H2,1-10H3. The SMILES string of the molecule is CC(C)(C)CCC(C)(C)CC(C)(C)CCC(C)(C)C. The summed E-state index contributed by atoms with van der Waals surface area (Å²) in [6, 6.07) is 0. The van der Waals surface area contributed by atoms with E-state index < -0.39 is 0 Å². The molecule has 0 rings (SSSR count). The van der Waals surface area contributed by atoms with E-state index in [1.807, 2.05) is 0 Å². The highest BCUT2D eigenvalue weighted by atomic mass is 14.4. The summed E-state index contributed by atoms with van der Waals surface area (Å²) in [5.74, 6) is 0. The lowest BCUT2D eigenvalue weighted by atomic mass is 9.68. The Balaban J connectivity index is 4.37. The molecule has 0 fully saturated rings. The van der Waals surface area contributed by atoms with Crippen molar-refractivity contribution in [1.82, 2.24) is 0 Å². The summed E-state index contributed by atoms with van der Waals surface area (Å²) in [5, 5.41) is 0. The molecule has 0 aromatic carbocycles. The van der Waals surface area contributed by atoms with Crippen molar-refractivity contribution in [2.24, 2.45) is 21.7 Å². The maximum Gasteiger partial charge on any atom is -0.0349 e. The van der Waals surface area contributed by atoms with Crippen LogP contribution in [-0.4, -0.2) is 0 Å². The van der Waals surface area contributed by atoms with Crippen LogP contribution in [0.25, 0.3) is 0 Å². The first-order valence-corrected chi connectivity index (χ1v) is 8.12. The highest BCUT2D eigenvalue weighted by Crippen LogP contribution is 2.43. The molecule has 0 aromatic heterocycles. The molecule has 0 aliphatic heterocycles. The van der Waals surface area contributed by atoms with E-state index in [1.54, 1.807) is 0 Å². The third-order valence-corrected chi connectivity index (χ3v) is 4.06. The average molecular weight is 269 g/mol. The fourth-order valence-corrected chi connectivity index (χ4v) is 2.90. The fourth-order valence-electron chi connectivity index (χ4n) is 2.90. The van der Waals surface area contributed by atoms with Crippen LogP contribution in [0.2, 0.25) is 0 Å². The van der Waals surface area contributed by atoms with Crippen molar-refractivity contribution in [3.63, 3.8) is 0 Å². The lowest BCUT2D eigenvalue weighted by molar-refractivity contribution is 0.138. The van der Waals surface area contributed by atoms with Crippen molar-refractivity contribution < 1.29 is 0 Å². The van der Waals surface area contributed by atoms with Gasteiger partial charge in [-0.25, -0.2) is 0 Å². The van der Waals surface area contributed by atoms with Crippen LogP contribution in [0, 0.1) is 21.7 Å². The Bertz CT molecular complexity index is 227. The highest BCUT2D eigenvalue weighted by molar-refractivity contribution is 4.82. The Labute approximate surface area is 123 Å². The van der Waals surface area contributed by atoms with Crippen LogP contribution in [-0.2, 0) is 0 Å². The Hall–Kier alpha value is 0. The summed E-state index contributed by atoms with van der Waals surface area (Å²) in [4.78, 5) is 0. The average Bonchev–Trinajstić information content (AvgIpc) is 2.09. The van der Waals surface area contributed by atoms with Gasteiger partial charge in [-0.05, 0) is 53.8 Å². The monoisotopic (exact) mass is 268 g/mol. The molecule has 0 nitrogen and oxygen atoms in total. The molecular weight excluding hydrogens is 228 g/mol. The van der Waals surface area contributed by atoms with Crippen LogP contribution >= 0.6 is 0 Å². The molecule has 0 bridgehead atoms. The highest BCUT2D eigenvalue weighted by Gasteiger charge is 2.30. The van der Waals surface area contributed by atoms with Crippen LogP contribution in [0.4, 0.5) is 0 Å². The van der Waals surface area contributed by atoms with Crippen LogP contribution in [0.5, 0.6) is 0 Å². The molecule has 0 heteroatoms. The molecule has 0 heterocycles. The van der Waals surface area contributed by atoms with Crippen molar-refractivity contribution >= 4 is 0 Å². The zero-order valence-corrected chi connectivity index (χ0v) is 15.5. The number of rotatable bonds is 6. The molecule has 0 aliphatic carbocycles. The van der Waals surface area contributed by atoms with Gasteiger partial charge in [-0.3, -0.25) is 0 Å². The van der Waals surface area contributed by atoms with Gasteiger partial charge >= 0.3 is 0 Å². The lowest BCUT2D eigenvalue weighted by Gasteiger charge is -2.38. The van der Waals surface area contributed by atoms with E-state index in [1.165, 1.54) is 32.1 Å². The molecule has 19 heavy (non-hydrogen) atoms. The van der Waals surface area contributed by atoms with E-state index in [-0.39, 0.29) is 0 Å². The molecule has 0 unspecified atom stereocenters. The van der Waals surface area contributed by atoms with E-state index in [0.29, 0.717) is 21.7 Å². The lowest BCUT2D eigenvalue weighted by Crippen LogP contribution is -2.26. The van der Waals surface area contributed by atoms with Gasteiger partial charge in [0, 0.05) is 0 Å². The van der Waals surface area contributed by atoms with Gasteiger partial charge in [-0.15, -0.1) is 0 Å². The summed E-state index contributed by atoms with van der Waals surface area (Å²) in [7, 11) is 0. The molecule has 0 spiro atoms. The van der Waals surface area contributed by atoms with Crippen molar-refractivity contribution in [3.8, 4) is 0 Å². The first kappa shape index (κ1) is 19.0. The van der Waals surface area contributed by atoms with Gasteiger partial charge in [0.15, 0.2) is 0 Å². The number of hydrogen-bond acceptors (Lipinski definition) is 0. The van der Waals surface area contributed by atoms with E-state index in [4.69, 9.17) is 0 Å². The maximum absolute atomic E-state index is 2.46. The summed E-state index contributed by atoms with van der Waals surface area (Å²) < 4.78 is 0. The molecule has 0 N–H and O–H groups in total. The minimum Gasteiger partial charge on any atom is -0.0602 e. The Morgan fingerprint density at radius 3 is 0.895 bits per heavy atom. The van der Waals surface area contributed by atoms with Crippen LogP contribution in [0.3, 0.4) is 0 Å². The summed E-state index contributed by atoms with van der Waals surface area (Å²) >= 11 is 0. The van der Waals surface area contributed by atoms with E-state index >= 15 is 0 Å².